The van der Waals surface area contributed by atoms with Gasteiger partial charge in [-0.1, -0.05) is 6.07 Å². The Labute approximate surface area is 111 Å². The van der Waals surface area contributed by atoms with E-state index in [0.29, 0.717) is 5.56 Å². The molecule has 4 heteroatoms. The summed E-state index contributed by atoms with van der Waals surface area (Å²) in [5.74, 6) is -1.17. The minimum atomic E-state index is -0.583. The minimum Gasteiger partial charge on any atom is -0.308 e. The third-order valence-corrected chi connectivity index (χ3v) is 3.04. The number of aryl methyl sites for hydroxylation is 2. The molecule has 0 saturated carbocycles. The second-order valence-electron chi connectivity index (χ2n) is 4.64. The van der Waals surface area contributed by atoms with Gasteiger partial charge in [-0.3, -0.25) is 4.98 Å². The highest BCUT2D eigenvalue weighted by Gasteiger charge is 2.17. The number of nitrogens with zero attached hydrogens (tertiary/aromatic N) is 1. The fraction of sp³-hybridized carbons (Fsp3) is 0.267. The lowest BCUT2D eigenvalue weighted by Gasteiger charge is -2.18. The number of hydrogen-bond acceptors (Lipinski definition) is 2. The molecule has 0 amide bonds. The number of halogens is 2. The van der Waals surface area contributed by atoms with E-state index in [1.165, 1.54) is 12.1 Å². The van der Waals surface area contributed by atoms with Crippen molar-refractivity contribution in [2.24, 2.45) is 0 Å². The maximum absolute atomic E-state index is 13.3. The predicted octanol–water partition coefficient (Wildman–Crippen LogP) is 3.29. The first-order chi connectivity index (χ1) is 9.01. The predicted molar refractivity (Wildman–Crippen MR) is 71.0 cm³/mol. The average molecular weight is 262 g/mol. The Hall–Kier alpha value is -1.81. The fourth-order valence-electron chi connectivity index (χ4n) is 2.23. The Morgan fingerprint density at radius 2 is 1.68 bits per heavy atom. The molecule has 0 bridgehead atoms. The lowest BCUT2D eigenvalue weighted by atomic mass is 9.99. The fourth-order valence-corrected chi connectivity index (χ4v) is 2.23. The lowest BCUT2D eigenvalue weighted by Crippen LogP contribution is -2.20. The summed E-state index contributed by atoms with van der Waals surface area (Å²) in [5.41, 5.74) is 3.35. The molecule has 1 aromatic heterocycles. The summed E-state index contributed by atoms with van der Waals surface area (Å²) in [6, 6.07) is 5.19. The van der Waals surface area contributed by atoms with E-state index in [1.807, 2.05) is 19.9 Å². The topological polar surface area (TPSA) is 24.9 Å². The van der Waals surface area contributed by atoms with Crippen LogP contribution in [0.15, 0.2) is 30.5 Å². The van der Waals surface area contributed by atoms with Crippen LogP contribution >= 0.6 is 0 Å². The smallest absolute Gasteiger partial charge is 0.126 e. The van der Waals surface area contributed by atoms with Crippen molar-refractivity contribution >= 4 is 0 Å². The van der Waals surface area contributed by atoms with Crippen LogP contribution in [0.5, 0.6) is 0 Å². The van der Waals surface area contributed by atoms with Gasteiger partial charge >= 0.3 is 0 Å². The molecule has 19 heavy (non-hydrogen) atoms. The first-order valence-corrected chi connectivity index (χ1v) is 6.07. The number of pyridine rings is 1. The quantitative estimate of drug-likeness (QED) is 0.918. The normalized spacial score (nSPS) is 12.5. The number of aromatic nitrogens is 1. The summed E-state index contributed by atoms with van der Waals surface area (Å²) in [6.45, 7) is 3.90. The van der Waals surface area contributed by atoms with Crippen LogP contribution in [-0.4, -0.2) is 12.0 Å². The van der Waals surface area contributed by atoms with Crippen LogP contribution in [0.2, 0.25) is 0 Å². The summed E-state index contributed by atoms with van der Waals surface area (Å²) in [7, 11) is 1.74. The summed E-state index contributed by atoms with van der Waals surface area (Å²) < 4.78 is 26.6. The molecular formula is C15H16F2N2. The molecule has 1 heterocycles. The zero-order chi connectivity index (χ0) is 14.0. The average Bonchev–Trinajstić information content (AvgIpc) is 2.31. The first kappa shape index (κ1) is 13.6. The molecule has 0 saturated heterocycles. The van der Waals surface area contributed by atoms with Crippen molar-refractivity contribution in [3.05, 3.63) is 64.5 Å². The van der Waals surface area contributed by atoms with Gasteiger partial charge in [-0.2, -0.15) is 0 Å². The van der Waals surface area contributed by atoms with Crippen LogP contribution in [0.1, 0.15) is 28.4 Å². The van der Waals surface area contributed by atoms with Gasteiger partial charge in [0, 0.05) is 12.3 Å². The number of rotatable bonds is 3. The van der Waals surface area contributed by atoms with Crippen LogP contribution in [-0.2, 0) is 0 Å². The third kappa shape index (κ3) is 2.96. The standard InChI is InChI=1S/C15H16F2N2/c1-9-4-10(2)14(19-8-9)15(18-3)11-5-12(16)7-13(17)6-11/h4-8,15,18H,1-3H3. The molecule has 1 N–H and O–H groups in total. The van der Waals surface area contributed by atoms with Crippen molar-refractivity contribution in [3.8, 4) is 0 Å². The van der Waals surface area contributed by atoms with Gasteiger partial charge < -0.3 is 5.32 Å². The maximum atomic E-state index is 13.3. The van der Waals surface area contributed by atoms with Gasteiger partial charge in [0.25, 0.3) is 0 Å². The summed E-state index contributed by atoms with van der Waals surface area (Å²) in [6.07, 6.45) is 1.75. The van der Waals surface area contributed by atoms with E-state index in [1.54, 1.807) is 13.2 Å². The van der Waals surface area contributed by atoms with Crippen LogP contribution in [0, 0.1) is 25.5 Å². The molecule has 100 valence electrons. The largest absolute Gasteiger partial charge is 0.308 e. The van der Waals surface area contributed by atoms with E-state index in [2.05, 4.69) is 10.3 Å². The van der Waals surface area contributed by atoms with Crippen molar-refractivity contribution in [1.29, 1.82) is 0 Å². The Balaban J connectivity index is 2.49. The Morgan fingerprint density at radius 3 is 2.21 bits per heavy atom. The molecule has 0 spiro atoms. The number of nitrogens with one attached hydrogen (secondary N) is 1. The monoisotopic (exact) mass is 262 g/mol. The first-order valence-electron chi connectivity index (χ1n) is 6.07. The molecular weight excluding hydrogens is 246 g/mol. The Kier molecular flexibility index (Phi) is 3.90. The SMILES string of the molecule is CNC(c1cc(F)cc(F)c1)c1ncc(C)cc1C. The van der Waals surface area contributed by atoms with Crippen LogP contribution in [0.4, 0.5) is 8.78 Å². The van der Waals surface area contributed by atoms with Gasteiger partial charge in [0.1, 0.15) is 11.6 Å². The second-order valence-corrected chi connectivity index (χ2v) is 4.64. The zero-order valence-corrected chi connectivity index (χ0v) is 11.2. The highest BCUT2D eigenvalue weighted by molar-refractivity contribution is 5.34. The second kappa shape index (κ2) is 5.45. The van der Waals surface area contributed by atoms with Gasteiger partial charge in [-0.05, 0) is 49.7 Å². The molecule has 2 rings (SSSR count). The van der Waals surface area contributed by atoms with E-state index in [0.717, 1.165) is 22.9 Å². The molecule has 1 unspecified atom stereocenters. The van der Waals surface area contributed by atoms with Crippen molar-refractivity contribution in [3.63, 3.8) is 0 Å². The molecule has 2 aromatic rings. The highest BCUT2D eigenvalue weighted by Crippen LogP contribution is 2.24. The van der Waals surface area contributed by atoms with E-state index < -0.39 is 11.6 Å². The van der Waals surface area contributed by atoms with Crippen molar-refractivity contribution in [2.45, 2.75) is 19.9 Å². The van der Waals surface area contributed by atoms with Gasteiger partial charge in [-0.25, -0.2) is 8.78 Å². The number of benzene rings is 1. The summed E-state index contributed by atoms with van der Waals surface area (Å²) >= 11 is 0. The summed E-state index contributed by atoms with van der Waals surface area (Å²) in [5, 5.41) is 3.05. The lowest BCUT2D eigenvalue weighted by molar-refractivity contribution is 0.569. The molecule has 1 atom stereocenters. The van der Waals surface area contributed by atoms with Crippen LogP contribution in [0.3, 0.4) is 0 Å². The third-order valence-electron chi connectivity index (χ3n) is 3.04. The minimum absolute atomic E-state index is 0.328. The van der Waals surface area contributed by atoms with E-state index >= 15 is 0 Å². The Morgan fingerprint density at radius 1 is 1.05 bits per heavy atom. The maximum Gasteiger partial charge on any atom is 0.126 e. The molecule has 0 aliphatic carbocycles. The van der Waals surface area contributed by atoms with Gasteiger partial charge in [0.15, 0.2) is 0 Å². The van der Waals surface area contributed by atoms with Crippen molar-refractivity contribution in [1.82, 2.24) is 10.3 Å². The molecule has 0 aliphatic rings. The van der Waals surface area contributed by atoms with E-state index in [9.17, 15) is 8.78 Å². The molecule has 0 fully saturated rings. The zero-order valence-electron chi connectivity index (χ0n) is 11.2. The summed E-state index contributed by atoms with van der Waals surface area (Å²) in [4.78, 5) is 4.38. The molecule has 1 aromatic carbocycles. The highest BCUT2D eigenvalue weighted by atomic mass is 19.1. The Bertz CT molecular complexity index is 576. The van der Waals surface area contributed by atoms with Gasteiger partial charge in [0.05, 0.1) is 11.7 Å². The van der Waals surface area contributed by atoms with Crippen LogP contribution < -0.4 is 5.32 Å². The van der Waals surface area contributed by atoms with Crippen molar-refractivity contribution in [2.75, 3.05) is 7.05 Å². The van der Waals surface area contributed by atoms with E-state index in [-0.39, 0.29) is 6.04 Å². The van der Waals surface area contributed by atoms with E-state index in [4.69, 9.17) is 0 Å². The van der Waals surface area contributed by atoms with Gasteiger partial charge in [0.2, 0.25) is 0 Å². The number of hydrogen-bond donors (Lipinski definition) is 1. The molecule has 0 radical (unpaired) electrons. The van der Waals surface area contributed by atoms with Crippen molar-refractivity contribution < 1.29 is 8.78 Å². The van der Waals surface area contributed by atoms with Crippen LogP contribution in [0.25, 0.3) is 0 Å². The molecule has 2 nitrogen and oxygen atoms in total. The van der Waals surface area contributed by atoms with Gasteiger partial charge in [-0.15, -0.1) is 0 Å². The molecule has 0 aliphatic heterocycles.